The molecule has 2 N–H and O–H groups in total. The van der Waals surface area contributed by atoms with Crippen LogP contribution in [0.25, 0.3) is 0 Å². The third-order valence-corrected chi connectivity index (χ3v) is 6.28. The van der Waals surface area contributed by atoms with Crippen LogP contribution >= 0.6 is 15.9 Å². The minimum Gasteiger partial charge on any atom is -0.310 e. The van der Waals surface area contributed by atoms with E-state index in [9.17, 15) is 8.42 Å². The molecule has 0 amide bonds. The summed E-state index contributed by atoms with van der Waals surface area (Å²) in [6.07, 6.45) is 4.02. The van der Waals surface area contributed by atoms with E-state index in [2.05, 4.69) is 26.0 Å². The highest BCUT2D eigenvalue weighted by atomic mass is 79.9. The summed E-state index contributed by atoms with van der Waals surface area (Å²) < 4.78 is 28.4. The molecule has 0 bridgehead atoms. The monoisotopic (exact) mass is 374 g/mol. The summed E-state index contributed by atoms with van der Waals surface area (Å²) in [5.74, 6) is 0. The second-order valence-corrected chi connectivity index (χ2v) is 8.09. The second-order valence-electron chi connectivity index (χ2n) is 5.55. The van der Waals surface area contributed by atoms with Gasteiger partial charge in [-0.05, 0) is 59.3 Å². The lowest BCUT2D eigenvalue weighted by Crippen LogP contribution is -2.34. The SMILES string of the molecule is CCC(CC)NS(=O)(=O)c1cc(CNC2CC2)ccc1Br. The Kier molecular flexibility index (Phi) is 5.82. The Bertz CT molecular complexity index is 581. The van der Waals surface area contributed by atoms with E-state index in [1.807, 2.05) is 26.0 Å². The molecule has 1 aromatic rings. The minimum atomic E-state index is -3.48. The molecule has 1 aliphatic rings. The van der Waals surface area contributed by atoms with Crippen LogP contribution in [-0.2, 0) is 16.6 Å². The molecule has 21 heavy (non-hydrogen) atoms. The van der Waals surface area contributed by atoms with E-state index in [4.69, 9.17) is 0 Å². The first-order valence-electron chi connectivity index (χ1n) is 7.50. The molecular weight excluding hydrogens is 352 g/mol. The van der Waals surface area contributed by atoms with Crippen LogP contribution in [-0.4, -0.2) is 20.5 Å². The number of hydrogen-bond acceptors (Lipinski definition) is 3. The van der Waals surface area contributed by atoms with Crippen molar-refractivity contribution in [1.29, 1.82) is 0 Å². The van der Waals surface area contributed by atoms with Crippen LogP contribution in [0.2, 0.25) is 0 Å². The van der Waals surface area contributed by atoms with Gasteiger partial charge in [-0.1, -0.05) is 19.9 Å². The van der Waals surface area contributed by atoms with E-state index in [0.717, 1.165) is 18.4 Å². The van der Waals surface area contributed by atoms with Crippen LogP contribution in [0.15, 0.2) is 27.6 Å². The molecule has 1 fully saturated rings. The maximum Gasteiger partial charge on any atom is 0.241 e. The van der Waals surface area contributed by atoms with Crippen molar-refractivity contribution in [2.75, 3.05) is 0 Å². The standard InChI is InChI=1S/C15H23BrN2O2S/c1-3-12(4-2)18-21(19,20)15-9-11(5-8-14(15)16)10-17-13-6-7-13/h5,8-9,12-13,17-18H,3-4,6-7,10H2,1-2H3. The largest absolute Gasteiger partial charge is 0.310 e. The van der Waals surface area contributed by atoms with Crippen LogP contribution < -0.4 is 10.0 Å². The zero-order valence-corrected chi connectivity index (χ0v) is 14.9. The van der Waals surface area contributed by atoms with Gasteiger partial charge >= 0.3 is 0 Å². The number of rotatable bonds is 8. The van der Waals surface area contributed by atoms with Gasteiger partial charge in [-0.2, -0.15) is 0 Å². The fraction of sp³-hybridized carbons (Fsp3) is 0.600. The molecule has 0 aromatic heterocycles. The molecular formula is C15H23BrN2O2S. The van der Waals surface area contributed by atoms with Crippen LogP contribution in [0.4, 0.5) is 0 Å². The Hall–Kier alpha value is -0.430. The third kappa shape index (κ3) is 4.77. The Morgan fingerprint density at radius 1 is 1.29 bits per heavy atom. The smallest absolute Gasteiger partial charge is 0.241 e. The molecule has 6 heteroatoms. The lowest BCUT2D eigenvalue weighted by Gasteiger charge is -2.16. The average Bonchev–Trinajstić information content (AvgIpc) is 3.28. The van der Waals surface area contributed by atoms with Crippen molar-refractivity contribution in [3.8, 4) is 0 Å². The fourth-order valence-corrected chi connectivity index (χ4v) is 4.57. The van der Waals surface area contributed by atoms with Gasteiger partial charge in [0.05, 0.1) is 4.90 Å². The maximum atomic E-state index is 12.5. The quantitative estimate of drug-likeness (QED) is 0.734. The molecule has 0 spiro atoms. The van der Waals surface area contributed by atoms with Crippen LogP contribution in [0.5, 0.6) is 0 Å². The molecule has 4 nitrogen and oxygen atoms in total. The van der Waals surface area contributed by atoms with Crippen molar-refractivity contribution in [3.05, 3.63) is 28.2 Å². The van der Waals surface area contributed by atoms with Crippen molar-refractivity contribution in [3.63, 3.8) is 0 Å². The molecule has 1 saturated carbocycles. The molecule has 118 valence electrons. The summed E-state index contributed by atoms with van der Waals surface area (Å²) >= 11 is 3.35. The summed E-state index contributed by atoms with van der Waals surface area (Å²) in [5, 5.41) is 3.40. The molecule has 0 heterocycles. The van der Waals surface area contributed by atoms with E-state index in [0.29, 0.717) is 22.0 Å². The van der Waals surface area contributed by atoms with Crippen molar-refractivity contribution < 1.29 is 8.42 Å². The van der Waals surface area contributed by atoms with Crippen molar-refractivity contribution in [2.24, 2.45) is 0 Å². The van der Waals surface area contributed by atoms with Gasteiger partial charge in [0, 0.05) is 23.1 Å². The first-order chi connectivity index (χ1) is 9.96. The molecule has 0 radical (unpaired) electrons. The zero-order valence-electron chi connectivity index (χ0n) is 12.5. The van der Waals surface area contributed by atoms with E-state index < -0.39 is 10.0 Å². The van der Waals surface area contributed by atoms with E-state index in [-0.39, 0.29) is 6.04 Å². The van der Waals surface area contributed by atoms with Gasteiger partial charge in [-0.3, -0.25) is 0 Å². The van der Waals surface area contributed by atoms with Gasteiger partial charge in [0.1, 0.15) is 0 Å². The molecule has 2 rings (SSSR count). The van der Waals surface area contributed by atoms with Crippen molar-refractivity contribution in [2.45, 2.75) is 63.1 Å². The topological polar surface area (TPSA) is 58.2 Å². The minimum absolute atomic E-state index is 0.0184. The molecule has 0 unspecified atom stereocenters. The molecule has 1 aromatic carbocycles. The normalized spacial score (nSPS) is 15.6. The van der Waals surface area contributed by atoms with E-state index in [1.54, 1.807) is 6.07 Å². The average molecular weight is 375 g/mol. The summed E-state index contributed by atoms with van der Waals surface area (Å²) in [7, 11) is -3.48. The fourth-order valence-electron chi connectivity index (χ4n) is 2.15. The van der Waals surface area contributed by atoms with Gasteiger partial charge in [0.2, 0.25) is 10.0 Å². The van der Waals surface area contributed by atoms with Crippen LogP contribution in [0.3, 0.4) is 0 Å². The van der Waals surface area contributed by atoms with E-state index in [1.165, 1.54) is 12.8 Å². The molecule has 1 aliphatic carbocycles. The first kappa shape index (κ1) is 16.9. The number of benzene rings is 1. The summed E-state index contributed by atoms with van der Waals surface area (Å²) in [6.45, 7) is 4.69. The maximum absolute atomic E-state index is 12.5. The first-order valence-corrected chi connectivity index (χ1v) is 9.78. The van der Waals surface area contributed by atoms with Crippen molar-refractivity contribution in [1.82, 2.24) is 10.0 Å². The van der Waals surface area contributed by atoms with E-state index >= 15 is 0 Å². The van der Waals surface area contributed by atoms with Crippen molar-refractivity contribution >= 4 is 26.0 Å². The summed E-state index contributed by atoms with van der Waals surface area (Å²) in [5.41, 5.74) is 0.995. The van der Waals surface area contributed by atoms with Gasteiger partial charge < -0.3 is 5.32 Å². The summed E-state index contributed by atoms with van der Waals surface area (Å²) in [4.78, 5) is 0.324. The van der Waals surface area contributed by atoms with Gasteiger partial charge in [0.25, 0.3) is 0 Å². The summed E-state index contributed by atoms with van der Waals surface area (Å²) in [6, 6.07) is 6.11. The molecule has 0 saturated heterocycles. The number of sulfonamides is 1. The Labute approximate surface area is 135 Å². The highest BCUT2D eigenvalue weighted by Gasteiger charge is 2.23. The Balaban J connectivity index is 2.17. The number of hydrogen-bond donors (Lipinski definition) is 2. The highest BCUT2D eigenvalue weighted by Crippen LogP contribution is 2.25. The second kappa shape index (κ2) is 7.22. The molecule has 0 aliphatic heterocycles. The Morgan fingerprint density at radius 2 is 1.95 bits per heavy atom. The van der Waals surface area contributed by atoms with Crippen LogP contribution in [0, 0.1) is 0 Å². The lowest BCUT2D eigenvalue weighted by molar-refractivity contribution is 0.529. The zero-order chi connectivity index (χ0) is 15.5. The highest BCUT2D eigenvalue weighted by molar-refractivity contribution is 9.10. The van der Waals surface area contributed by atoms with Gasteiger partial charge in [-0.25, -0.2) is 13.1 Å². The third-order valence-electron chi connectivity index (χ3n) is 3.76. The molecule has 0 atom stereocenters. The van der Waals surface area contributed by atoms with Gasteiger partial charge in [0.15, 0.2) is 0 Å². The number of nitrogens with one attached hydrogen (secondary N) is 2. The predicted octanol–water partition coefficient (Wildman–Crippen LogP) is 3.17. The van der Waals surface area contributed by atoms with Crippen LogP contribution in [0.1, 0.15) is 45.1 Å². The Morgan fingerprint density at radius 3 is 2.52 bits per heavy atom. The number of halogens is 1. The lowest BCUT2D eigenvalue weighted by atomic mass is 10.2. The van der Waals surface area contributed by atoms with Gasteiger partial charge in [-0.15, -0.1) is 0 Å². The predicted molar refractivity (Wildman–Crippen MR) is 88.7 cm³/mol.